The number of aryl methyl sites for hydroxylation is 1. The first-order valence-electron chi connectivity index (χ1n) is 13.8. The van der Waals surface area contributed by atoms with Crippen molar-refractivity contribution in [3.05, 3.63) is 53.6 Å². The molecule has 2 N–H and O–H groups in total. The molecule has 0 spiro atoms. The number of benzene rings is 2. The Morgan fingerprint density at radius 2 is 1.53 bits per heavy atom. The average Bonchev–Trinajstić information content (AvgIpc) is 2.82. The van der Waals surface area contributed by atoms with Crippen LogP contribution in [0.4, 0.5) is 21.9 Å². The van der Waals surface area contributed by atoms with Gasteiger partial charge in [0.05, 0.1) is 17.8 Å². The fraction of sp³-hybridized carbons (Fsp3) is 0.548. The van der Waals surface area contributed by atoms with Gasteiger partial charge in [-0.05, 0) is 60.9 Å². The third kappa shape index (κ3) is 10.2. The van der Waals surface area contributed by atoms with Gasteiger partial charge < -0.3 is 20.3 Å². The lowest BCUT2D eigenvalue weighted by Gasteiger charge is -2.31. The molecule has 2 rings (SSSR count). The van der Waals surface area contributed by atoms with E-state index >= 15 is 0 Å². The van der Waals surface area contributed by atoms with Gasteiger partial charge in [-0.3, -0.25) is 4.79 Å². The maximum absolute atomic E-state index is 13.1. The van der Waals surface area contributed by atoms with E-state index in [1.54, 1.807) is 0 Å². The zero-order valence-electron chi connectivity index (χ0n) is 24.3. The van der Waals surface area contributed by atoms with E-state index in [9.17, 15) is 9.59 Å². The van der Waals surface area contributed by atoms with Crippen LogP contribution in [-0.4, -0.2) is 30.7 Å². The Bertz CT molecular complexity index is 1030. The highest BCUT2D eigenvalue weighted by molar-refractivity contribution is 6.20. The summed E-state index contributed by atoms with van der Waals surface area (Å²) >= 11 is 6.18. The van der Waals surface area contributed by atoms with Gasteiger partial charge in [0.25, 0.3) is 0 Å². The van der Waals surface area contributed by atoms with Crippen LogP contribution in [0.5, 0.6) is 0 Å². The number of nitrogens with one attached hydrogen (secondary N) is 2. The first-order chi connectivity index (χ1) is 17.9. The Kier molecular flexibility index (Phi) is 12.4. The number of carbonyl (C=O) groups is 2. The van der Waals surface area contributed by atoms with Crippen LogP contribution in [-0.2, 0) is 9.53 Å². The van der Waals surface area contributed by atoms with Crippen molar-refractivity contribution in [3.8, 4) is 0 Å². The molecule has 2 amide bonds. The zero-order valence-corrected chi connectivity index (χ0v) is 25.1. The number of halogens is 1. The van der Waals surface area contributed by atoms with Gasteiger partial charge in [0, 0.05) is 24.7 Å². The van der Waals surface area contributed by atoms with Crippen LogP contribution in [0.15, 0.2) is 42.5 Å². The summed E-state index contributed by atoms with van der Waals surface area (Å²) in [6.45, 7) is 18.4. The van der Waals surface area contributed by atoms with Gasteiger partial charge in [-0.2, -0.15) is 0 Å². The average molecular weight is 544 g/mol. The topological polar surface area (TPSA) is 70.7 Å². The standard InChI is InChI=1S/C31H46ClN3O3/c1-9-24(17-29(36)38-30(32)22(6)7)25-12-15-28(35(18-20(2)3)19-21(4)5)27(16-25)34-31(37)33-26-13-10-23(8)11-14-26/h10-16,20-22,24,30H,9,17-19H2,1-8H3,(H2,33,34,37). The number of anilines is 3. The van der Waals surface area contributed by atoms with Crippen LogP contribution < -0.4 is 15.5 Å². The summed E-state index contributed by atoms with van der Waals surface area (Å²) in [4.78, 5) is 28.0. The van der Waals surface area contributed by atoms with Crippen molar-refractivity contribution in [2.75, 3.05) is 28.6 Å². The summed E-state index contributed by atoms with van der Waals surface area (Å²) in [5.41, 5.74) is 3.86. The lowest BCUT2D eigenvalue weighted by atomic mass is 9.92. The second-order valence-electron chi connectivity index (χ2n) is 11.3. The second kappa shape index (κ2) is 15.0. The highest BCUT2D eigenvalue weighted by atomic mass is 35.5. The molecule has 38 heavy (non-hydrogen) atoms. The van der Waals surface area contributed by atoms with E-state index in [0.717, 1.165) is 47.7 Å². The van der Waals surface area contributed by atoms with Crippen LogP contribution in [0.25, 0.3) is 0 Å². The Balaban J connectivity index is 2.38. The summed E-state index contributed by atoms with van der Waals surface area (Å²) in [7, 11) is 0. The van der Waals surface area contributed by atoms with E-state index in [1.165, 1.54) is 0 Å². The van der Waals surface area contributed by atoms with Gasteiger partial charge in [-0.15, -0.1) is 0 Å². The van der Waals surface area contributed by atoms with Gasteiger partial charge >= 0.3 is 12.0 Å². The van der Waals surface area contributed by atoms with Crippen molar-refractivity contribution in [1.29, 1.82) is 0 Å². The number of hydrogen-bond acceptors (Lipinski definition) is 4. The molecule has 2 atom stereocenters. The van der Waals surface area contributed by atoms with Crippen LogP contribution in [0.3, 0.4) is 0 Å². The smallest absolute Gasteiger partial charge is 0.323 e. The number of nitrogens with zero attached hydrogens (tertiary/aromatic N) is 1. The van der Waals surface area contributed by atoms with Crippen LogP contribution in [0.1, 0.15) is 78.4 Å². The molecule has 2 aromatic rings. The molecule has 2 aromatic carbocycles. The molecular weight excluding hydrogens is 498 g/mol. The Labute approximate surface area is 234 Å². The minimum Gasteiger partial charge on any atom is -0.446 e. The molecule has 2 unspecified atom stereocenters. The molecule has 210 valence electrons. The molecular formula is C31H46ClN3O3. The predicted molar refractivity (Wildman–Crippen MR) is 160 cm³/mol. The SMILES string of the molecule is CCC(CC(=O)OC(Cl)C(C)C)c1ccc(N(CC(C)C)CC(C)C)c(NC(=O)Nc2ccc(C)cc2)c1. The Morgan fingerprint density at radius 3 is 2.05 bits per heavy atom. The number of esters is 1. The van der Waals surface area contributed by atoms with Crippen molar-refractivity contribution in [1.82, 2.24) is 0 Å². The lowest BCUT2D eigenvalue weighted by molar-refractivity contribution is -0.147. The molecule has 0 aliphatic rings. The van der Waals surface area contributed by atoms with Gasteiger partial charge in [0.1, 0.15) is 0 Å². The molecule has 0 heterocycles. The highest BCUT2D eigenvalue weighted by Gasteiger charge is 2.22. The predicted octanol–water partition coefficient (Wildman–Crippen LogP) is 8.41. The number of urea groups is 1. The first kappa shape index (κ1) is 31.5. The van der Waals surface area contributed by atoms with Crippen LogP contribution in [0.2, 0.25) is 0 Å². The first-order valence-corrected chi connectivity index (χ1v) is 14.2. The summed E-state index contributed by atoms with van der Waals surface area (Å²) in [5, 5.41) is 6.03. The quantitative estimate of drug-likeness (QED) is 0.196. The van der Waals surface area contributed by atoms with Crippen molar-refractivity contribution in [2.24, 2.45) is 17.8 Å². The Morgan fingerprint density at radius 1 is 0.921 bits per heavy atom. The van der Waals surface area contributed by atoms with E-state index in [0.29, 0.717) is 11.8 Å². The summed E-state index contributed by atoms with van der Waals surface area (Å²) in [6.07, 6.45) is 0.974. The van der Waals surface area contributed by atoms with Crippen LogP contribution >= 0.6 is 11.6 Å². The van der Waals surface area contributed by atoms with E-state index in [1.807, 2.05) is 58.0 Å². The monoisotopic (exact) mass is 543 g/mol. The zero-order chi connectivity index (χ0) is 28.4. The van der Waals surface area contributed by atoms with Gasteiger partial charge in [-0.1, -0.05) is 83.8 Å². The number of amides is 2. The molecule has 0 bridgehead atoms. The second-order valence-corrected chi connectivity index (χ2v) is 11.7. The van der Waals surface area contributed by atoms with E-state index in [-0.39, 0.29) is 30.3 Å². The number of rotatable bonds is 13. The number of carbonyl (C=O) groups excluding carboxylic acids is 2. The molecule has 0 aromatic heterocycles. The van der Waals surface area contributed by atoms with Crippen molar-refractivity contribution >= 4 is 40.7 Å². The van der Waals surface area contributed by atoms with Gasteiger partial charge in [-0.25, -0.2) is 4.79 Å². The third-order valence-electron chi connectivity index (χ3n) is 6.24. The van der Waals surface area contributed by atoms with E-state index in [2.05, 4.69) is 55.4 Å². The molecule has 0 aliphatic heterocycles. The van der Waals surface area contributed by atoms with E-state index in [4.69, 9.17) is 16.3 Å². The van der Waals surface area contributed by atoms with Crippen molar-refractivity contribution in [2.45, 2.75) is 79.7 Å². The minimum atomic E-state index is -0.647. The largest absolute Gasteiger partial charge is 0.446 e. The molecule has 0 radical (unpaired) electrons. The molecule has 7 heteroatoms. The fourth-order valence-electron chi connectivity index (χ4n) is 4.27. The summed E-state index contributed by atoms with van der Waals surface area (Å²) in [6, 6.07) is 13.5. The normalized spacial score (nSPS) is 12.9. The molecule has 0 saturated carbocycles. The number of hydrogen-bond donors (Lipinski definition) is 2. The van der Waals surface area contributed by atoms with Gasteiger partial charge in [0.2, 0.25) is 0 Å². The number of ether oxygens (including phenoxy) is 1. The Hall–Kier alpha value is -2.73. The maximum atomic E-state index is 13.1. The molecule has 0 saturated heterocycles. The van der Waals surface area contributed by atoms with Crippen molar-refractivity contribution in [3.63, 3.8) is 0 Å². The number of alkyl halides is 1. The highest BCUT2D eigenvalue weighted by Crippen LogP contribution is 2.34. The third-order valence-corrected chi connectivity index (χ3v) is 6.83. The maximum Gasteiger partial charge on any atom is 0.323 e. The van der Waals surface area contributed by atoms with Crippen molar-refractivity contribution < 1.29 is 14.3 Å². The van der Waals surface area contributed by atoms with E-state index < -0.39 is 5.56 Å². The summed E-state index contributed by atoms with van der Waals surface area (Å²) in [5.74, 6) is 0.561. The molecule has 6 nitrogen and oxygen atoms in total. The minimum absolute atomic E-state index is 0.0377. The molecule has 0 aliphatic carbocycles. The molecule has 0 fully saturated rings. The lowest BCUT2D eigenvalue weighted by Crippen LogP contribution is -2.32. The fourth-order valence-corrected chi connectivity index (χ4v) is 4.37. The van der Waals surface area contributed by atoms with Gasteiger partial charge in [0.15, 0.2) is 5.56 Å². The summed E-state index contributed by atoms with van der Waals surface area (Å²) < 4.78 is 5.42. The van der Waals surface area contributed by atoms with Crippen LogP contribution in [0, 0.1) is 24.7 Å².